The van der Waals surface area contributed by atoms with E-state index in [0.29, 0.717) is 0 Å². The maximum atomic E-state index is 4.05. The van der Waals surface area contributed by atoms with Crippen LogP contribution in [0.4, 0.5) is 5.82 Å². The van der Waals surface area contributed by atoms with Crippen LogP contribution < -0.4 is 5.43 Å². The van der Waals surface area contributed by atoms with Crippen LogP contribution in [0.15, 0.2) is 36.8 Å². The monoisotopic (exact) mass is 161 g/mol. The van der Waals surface area contributed by atoms with Crippen molar-refractivity contribution in [2.75, 3.05) is 5.43 Å². The van der Waals surface area contributed by atoms with Crippen LogP contribution in [0.3, 0.4) is 0 Å². The van der Waals surface area contributed by atoms with Gasteiger partial charge >= 0.3 is 0 Å². The molecule has 2 heterocycles. The van der Waals surface area contributed by atoms with Crippen LogP contribution in [-0.2, 0) is 0 Å². The van der Waals surface area contributed by atoms with Crippen molar-refractivity contribution in [2.45, 2.75) is 0 Å². The second-order valence-corrected chi connectivity index (χ2v) is 2.17. The van der Waals surface area contributed by atoms with E-state index in [9.17, 15) is 0 Å². The van der Waals surface area contributed by atoms with Crippen LogP contribution in [0.5, 0.6) is 0 Å². The molecule has 2 aromatic heterocycles. The quantitative estimate of drug-likeness (QED) is 0.698. The minimum Gasteiger partial charge on any atom is -0.260 e. The molecule has 0 spiro atoms. The first-order valence-electron chi connectivity index (χ1n) is 3.49. The molecule has 2 aromatic rings. The van der Waals surface area contributed by atoms with E-state index in [4.69, 9.17) is 0 Å². The summed E-state index contributed by atoms with van der Waals surface area (Å²) in [6.07, 6.45) is 5.00. The van der Waals surface area contributed by atoms with E-state index in [1.807, 2.05) is 18.2 Å². The summed E-state index contributed by atoms with van der Waals surface area (Å²) in [6, 6.07) is 5.60. The Morgan fingerprint density at radius 2 is 2.25 bits per heavy atom. The molecule has 0 aliphatic rings. The summed E-state index contributed by atoms with van der Waals surface area (Å²) in [5.41, 5.74) is 2.92. The predicted octanol–water partition coefficient (Wildman–Crippen LogP) is 0.548. The minimum atomic E-state index is 0.739. The van der Waals surface area contributed by atoms with Crippen LogP contribution >= 0.6 is 0 Å². The van der Waals surface area contributed by atoms with E-state index in [1.165, 1.54) is 4.79 Å². The van der Waals surface area contributed by atoms with Gasteiger partial charge in [-0.25, -0.2) is 4.98 Å². The van der Waals surface area contributed by atoms with Crippen LogP contribution in [0.2, 0.25) is 0 Å². The molecule has 0 radical (unpaired) electrons. The lowest BCUT2D eigenvalue weighted by Gasteiger charge is -2.01. The van der Waals surface area contributed by atoms with Crippen molar-refractivity contribution in [3.8, 4) is 0 Å². The van der Waals surface area contributed by atoms with Crippen LogP contribution in [0, 0.1) is 0 Å². The predicted molar refractivity (Wildman–Crippen MR) is 43.3 cm³/mol. The molecule has 2 rings (SSSR count). The van der Waals surface area contributed by atoms with E-state index in [2.05, 4.69) is 20.7 Å². The Hall–Kier alpha value is -1.91. The van der Waals surface area contributed by atoms with Gasteiger partial charge in [-0.3, -0.25) is 5.43 Å². The number of anilines is 1. The lowest BCUT2D eigenvalue weighted by atomic mass is 10.5. The molecule has 0 aromatic carbocycles. The third kappa shape index (κ3) is 1.39. The third-order valence-corrected chi connectivity index (χ3v) is 1.32. The highest BCUT2D eigenvalue weighted by atomic mass is 15.6. The Kier molecular flexibility index (Phi) is 1.69. The average Bonchev–Trinajstić information content (AvgIpc) is 2.59. The molecule has 0 aliphatic heterocycles. The summed E-state index contributed by atoms with van der Waals surface area (Å²) in [5.74, 6) is 0.739. The zero-order valence-corrected chi connectivity index (χ0v) is 6.25. The molecule has 12 heavy (non-hydrogen) atoms. The maximum Gasteiger partial charge on any atom is 0.146 e. The van der Waals surface area contributed by atoms with Crippen LogP contribution in [0.25, 0.3) is 0 Å². The van der Waals surface area contributed by atoms with Gasteiger partial charge in [0.15, 0.2) is 0 Å². The molecule has 0 aliphatic carbocycles. The molecule has 0 atom stereocenters. The van der Waals surface area contributed by atoms with Crippen LogP contribution in [-0.4, -0.2) is 20.1 Å². The van der Waals surface area contributed by atoms with E-state index >= 15 is 0 Å². The topological polar surface area (TPSA) is 55.6 Å². The van der Waals surface area contributed by atoms with Gasteiger partial charge in [-0.05, 0) is 17.3 Å². The second-order valence-electron chi connectivity index (χ2n) is 2.17. The first kappa shape index (κ1) is 6.78. The van der Waals surface area contributed by atoms with Gasteiger partial charge in [0.25, 0.3) is 0 Å². The van der Waals surface area contributed by atoms with Crippen LogP contribution in [0.1, 0.15) is 0 Å². The molecule has 5 heteroatoms. The molecule has 0 fully saturated rings. The number of nitrogens with zero attached hydrogens (tertiary/aromatic N) is 4. The summed E-state index contributed by atoms with van der Waals surface area (Å²) >= 11 is 0. The normalized spacial score (nSPS) is 9.67. The molecule has 0 saturated heterocycles. The average molecular weight is 161 g/mol. The summed E-state index contributed by atoms with van der Waals surface area (Å²) in [6.45, 7) is 0. The summed E-state index contributed by atoms with van der Waals surface area (Å²) in [7, 11) is 0. The fourth-order valence-corrected chi connectivity index (χ4v) is 0.814. The fraction of sp³-hybridized carbons (Fsp3) is 0. The highest BCUT2D eigenvalue weighted by Crippen LogP contribution is 1.98. The van der Waals surface area contributed by atoms with Crippen molar-refractivity contribution < 1.29 is 0 Å². The van der Waals surface area contributed by atoms with Crippen molar-refractivity contribution >= 4 is 5.82 Å². The molecular weight excluding hydrogens is 154 g/mol. The smallest absolute Gasteiger partial charge is 0.146 e. The van der Waals surface area contributed by atoms with Gasteiger partial charge in [0.1, 0.15) is 5.82 Å². The van der Waals surface area contributed by atoms with Gasteiger partial charge in [-0.15, -0.1) is 5.10 Å². The highest BCUT2D eigenvalue weighted by Gasteiger charge is 1.91. The van der Waals surface area contributed by atoms with E-state index < -0.39 is 0 Å². The number of rotatable bonds is 2. The first-order valence-corrected chi connectivity index (χ1v) is 3.49. The molecule has 5 nitrogen and oxygen atoms in total. The largest absolute Gasteiger partial charge is 0.260 e. The Morgan fingerprint density at radius 1 is 1.25 bits per heavy atom. The molecule has 0 unspecified atom stereocenters. The van der Waals surface area contributed by atoms with E-state index in [0.717, 1.165) is 5.82 Å². The number of nitrogens with one attached hydrogen (secondary N) is 1. The second kappa shape index (κ2) is 3.00. The van der Waals surface area contributed by atoms with Gasteiger partial charge in [0.2, 0.25) is 0 Å². The molecular formula is C7H7N5. The lowest BCUT2D eigenvalue weighted by molar-refractivity contribution is 0.739. The van der Waals surface area contributed by atoms with Crippen molar-refractivity contribution in [1.82, 2.24) is 20.1 Å². The Labute approximate surface area is 69.0 Å². The number of hydrogen-bond donors (Lipinski definition) is 1. The van der Waals surface area contributed by atoms with Crippen molar-refractivity contribution in [3.05, 3.63) is 36.8 Å². The first-order chi connectivity index (χ1) is 5.95. The Morgan fingerprint density at radius 3 is 2.92 bits per heavy atom. The van der Waals surface area contributed by atoms with Crippen molar-refractivity contribution in [1.29, 1.82) is 0 Å². The highest BCUT2D eigenvalue weighted by molar-refractivity contribution is 5.31. The van der Waals surface area contributed by atoms with Crippen molar-refractivity contribution in [3.63, 3.8) is 0 Å². The van der Waals surface area contributed by atoms with Gasteiger partial charge in [0.05, 0.1) is 12.4 Å². The Balaban J connectivity index is 2.15. The fourth-order valence-electron chi connectivity index (χ4n) is 0.814. The molecule has 0 saturated carbocycles. The third-order valence-electron chi connectivity index (χ3n) is 1.32. The van der Waals surface area contributed by atoms with Gasteiger partial charge in [-0.1, -0.05) is 6.07 Å². The number of aromatic nitrogens is 4. The van der Waals surface area contributed by atoms with Gasteiger partial charge in [0, 0.05) is 6.20 Å². The van der Waals surface area contributed by atoms with Crippen molar-refractivity contribution in [2.24, 2.45) is 0 Å². The zero-order chi connectivity index (χ0) is 8.23. The molecule has 1 N–H and O–H groups in total. The number of pyridine rings is 1. The summed E-state index contributed by atoms with van der Waals surface area (Å²) < 4.78 is 0. The summed E-state index contributed by atoms with van der Waals surface area (Å²) in [5, 5.41) is 7.37. The summed E-state index contributed by atoms with van der Waals surface area (Å²) in [4.78, 5) is 5.54. The minimum absolute atomic E-state index is 0.739. The Bertz CT molecular complexity index is 328. The SMILES string of the molecule is c1ccc(Nn2ccnn2)nc1. The molecule has 60 valence electrons. The maximum absolute atomic E-state index is 4.05. The molecule has 0 amide bonds. The van der Waals surface area contributed by atoms with E-state index in [1.54, 1.807) is 18.6 Å². The number of hydrogen-bond acceptors (Lipinski definition) is 4. The van der Waals surface area contributed by atoms with E-state index in [-0.39, 0.29) is 0 Å². The van der Waals surface area contributed by atoms with Gasteiger partial charge < -0.3 is 0 Å². The standard InChI is InChI=1S/C7H7N5/c1-2-4-8-7(3-1)10-12-6-5-9-11-12/h1-6H,(H,8,10). The van der Waals surface area contributed by atoms with Gasteiger partial charge in [-0.2, -0.15) is 4.79 Å². The lowest BCUT2D eigenvalue weighted by Crippen LogP contribution is -2.10. The zero-order valence-electron chi connectivity index (χ0n) is 6.25. The molecule has 0 bridgehead atoms.